The Hall–Kier alpha value is -1.83. The lowest BCUT2D eigenvalue weighted by Gasteiger charge is -2.22. The molecule has 0 bridgehead atoms. The van der Waals surface area contributed by atoms with Gasteiger partial charge in [-0.1, -0.05) is 18.2 Å². The summed E-state index contributed by atoms with van der Waals surface area (Å²) in [5, 5.41) is 0.800. The third-order valence-electron chi connectivity index (χ3n) is 4.20. The van der Waals surface area contributed by atoms with Gasteiger partial charge < -0.3 is 0 Å². The molecule has 0 spiro atoms. The van der Waals surface area contributed by atoms with Gasteiger partial charge in [-0.25, -0.2) is 17.8 Å². The highest BCUT2D eigenvalue weighted by Crippen LogP contribution is 2.39. The first-order valence-corrected chi connectivity index (χ1v) is 9.94. The molecule has 2 aromatic carbocycles. The van der Waals surface area contributed by atoms with Crippen LogP contribution in [0.2, 0.25) is 0 Å². The van der Waals surface area contributed by atoms with Gasteiger partial charge in [0.05, 0.1) is 21.2 Å². The van der Waals surface area contributed by atoms with Crippen molar-refractivity contribution in [2.24, 2.45) is 0 Å². The lowest BCUT2D eigenvalue weighted by molar-refractivity contribution is 0.395. The van der Waals surface area contributed by atoms with Crippen molar-refractivity contribution in [3.8, 4) is 0 Å². The Bertz CT molecular complexity index is 968. The number of rotatable bonds is 3. The Labute approximate surface area is 143 Å². The van der Waals surface area contributed by atoms with Crippen molar-refractivity contribution in [2.45, 2.75) is 23.8 Å². The molecule has 0 amide bonds. The first kappa shape index (κ1) is 15.7. The third kappa shape index (κ3) is 2.62. The van der Waals surface area contributed by atoms with Crippen molar-refractivity contribution in [1.29, 1.82) is 0 Å². The monoisotopic (exact) mass is 362 g/mol. The quantitative estimate of drug-likeness (QED) is 0.709. The van der Waals surface area contributed by atoms with Crippen LogP contribution in [0.25, 0.3) is 10.2 Å². The topological polar surface area (TPSA) is 50.3 Å². The molecule has 1 saturated heterocycles. The maximum atomic E-state index is 13.5. The van der Waals surface area contributed by atoms with E-state index in [9.17, 15) is 12.8 Å². The zero-order chi connectivity index (χ0) is 16.7. The van der Waals surface area contributed by atoms with Crippen LogP contribution >= 0.6 is 11.3 Å². The fourth-order valence-electron chi connectivity index (χ4n) is 3.07. The summed E-state index contributed by atoms with van der Waals surface area (Å²) in [5.41, 5.74) is 0.882. The standard InChI is InChI=1S/C17H15FN2O2S2/c18-12-5-3-6-13(11-12)24(21,22)20-10-4-8-15(20)17-19-14-7-1-2-9-16(14)23-17/h1-3,5-7,9,11,15H,4,8,10H2. The van der Waals surface area contributed by atoms with Crippen LogP contribution in [0.1, 0.15) is 23.9 Å². The molecular formula is C17H15FN2O2S2. The number of hydrogen-bond donors (Lipinski definition) is 0. The number of hydrogen-bond acceptors (Lipinski definition) is 4. The van der Waals surface area contributed by atoms with Crippen LogP contribution in [-0.4, -0.2) is 24.3 Å². The molecule has 1 aliphatic heterocycles. The number of thiazole rings is 1. The Morgan fingerprint density at radius 2 is 2.00 bits per heavy atom. The van der Waals surface area contributed by atoms with E-state index >= 15 is 0 Å². The number of sulfonamides is 1. The number of halogens is 1. The minimum atomic E-state index is -3.74. The lowest BCUT2D eigenvalue weighted by Crippen LogP contribution is -2.30. The minimum Gasteiger partial charge on any atom is -0.239 e. The van der Waals surface area contributed by atoms with E-state index in [1.165, 1.54) is 33.8 Å². The number of para-hydroxylation sites is 1. The molecule has 0 N–H and O–H groups in total. The Morgan fingerprint density at radius 3 is 2.79 bits per heavy atom. The van der Waals surface area contributed by atoms with Crippen LogP contribution in [0.4, 0.5) is 4.39 Å². The molecule has 24 heavy (non-hydrogen) atoms. The van der Waals surface area contributed by atoms with Crippen LogP contribution in [0.15, 0.2) is 53.4 Å². The number of nitrogens with zero attached hydrogens (tertiary/aromatic N) is 2. The van der Waals surface area contributed by atoms with Gasteiger partial charge in [0.15, 0.2) is 0 Å². The number of fused-ring (bicyclic) bond motifs is 1. The van der Waals surface area contributed by atoms with Gasteiger partial charge in [0, 0.05) is 6.54 Å². The van der Waals surface area contributed by atoms with E-state index < -0.39 is 15.8 Å². The van der Waals surface area contributed by atoms with Gasteiger partial charge >= 0.3 is 0 Å². The summed E-state index contributed by atoms with van der Waals surface area (Å²) in [6.07, 6.45) is 1.50. The van der Waals surface area contributed by atoms with Gasteiger partial charge in [-0.05, 0) is 43.2 Å². The van der Waals surface area contributed by atoms with E-state index in [0.29, 0.717) is 6.54 Å². The fraction of sp³-hybridized carbons (Fsp3) is 0.235. The maximum absolute atomic E-state index is 13.5. The number of aromatic nitrogens is 1. The lowest BCUT2D eigenvalue weighted by atomic mass is 10.2. The van der Waals surface area contributed by atoms with E-state index in [2.05, 4.69) is 4.98 Å². The molecule has 4 nitrogen and oxygen atoms in total. The third-order valence-corrected chi connectivity index (χ3v) is 7.24. The Balaban J connectivity index is 1.74. The molecular weight excluding hydrogens is 347 g/mol. The average molecular weight is 362 g/mol. The highest BCUT2D eigenvalue weighted by Gasteiger charge is 2.38. The van der Waals surface area contributed by atoms with Gasteiger partial charge in [-0.15, -0.1) is 11.3 Å². The largest absolute Gasteiger partial charge is 0.243 e. The predicted octanol–water partition coefficient (Wildman–Crippen LogP) is 3.96. The SMILES string of the molecule is O=S(=O)(c1cccc(F)c1)N1CCCC1c1nc2ccccc2s1. The first-order valence-electron chi connectivity index (χ1n) is 7.68. The maximum Gasteiger partial charge on any atom is 0.243 e. The molecule has 2 heterocycles. The van der Waals surface area contributed by atoms with E-state index in [4.69, 9.17) is 0 Å². The van der Waals surface area contributed by atoms with E-state index in [1.54, 1.807) is 0 Å². The molecule has 1 unspecified atom stereocenters. The molecule has 1 aliphatic rings. The Kier molecular flexibility index (Phi) is 3.86. The van der Waals surface area contributed by atoms with Crippen molar-refractivity contribution in [2.75, 3.05) is 6.54 Å². The summed E-state index contributed by atoms with van der Waals surface area (Å²) < 4.78 is 41.8. The molecule has 3 aromatic rings. The highest BCUT2D eigenvalue weighted by molar-refractivity contribution is 7.89. The van der Waals surface area contributed by atoms with Crippen molar-refractivity contribution in [3.63, 3.8) is 0 Å². The smallest absolute Gasteiger partial charge is 0.239 e. The molecule has 1 atom stereocenters. The van der Waals surface area contributed by atoms with Crippen molar-refractivity contribution in [3.05, 3.63) is 59.4 Å². The second-order valence-corrected chi connectivity index (χ2v) is 8.70. The minimum absolute atomic E-state index is 0.00416. The van der Waals surface area contributed by atoms with Gasteiger partial charge in [-0.3, -0.25) is 0 Å². The van der Waals surface area contributed by atoms with Crippen LogP contribution in [-0.2, 0) is 10.0 Å². The molecule has 7 heteroatoms. The van der Waals surface area contributed by atoms with Crippen LogP contribution < -0.4 is 0 Å². The van der Waals surface area contributed by atoms with E-state index in [1.807, 2.05) is 24.3 Å². The molecule has 1 fully saturated rings. The molecule has 124 valence electrons. The second kappa shape index (κ2) is 5.91. The molecule has 0 aliphatic carbocycles. The van der Waals surface area contributed by atoms with E-state index in [0.717, 1.165) is 34.1 Å². The average Bonchev–Trinajstić information content (AvgIpc) is 3.21. The van der Waals surface area contributed by atoms with Crippen molar-refractivity contribution < 1.29 is 12.8 Å². The fourth-order valence-corrected chi connectivity index (χ4v) is 5.94. The normalized spacial score (nSPS) is 19.1. The summed E-state index contributed by atoms with van der Waals surface area (Å²) in [4.78, 5) is 4.60. The molecule has 0 radical (unpaired) electrons. The molecule has 0 saturated carbocycles. The van der Waals surface area contributed by atoms with Crippen LogP contribution in [0, 0.1) is 5.82 Å². The summed E-state index contributed by atoms with van der Waals surface area (Å²) in [7, 11) is -3.74. The summed E-state index contributed by atoms with van der Waals surface area (Å²) in [6, 6.07) is 12.7. The zero-order valence-corrected chi connectivity index (χ0v) is 14.4. The summed E-state index contributed by atoms with van der Waals surface area (Å²) in [5.74, 6) is -0.549. The molecule has 4 rings (SSSR count). The highest BCUT2D eigenvalue weighted by atomic mass is 32.2. The predicted molar refractivity (Wildman–Crippen MR) is 91.9 cm³/mol. The Morgan fingerprint density at radius 1 is 1.17 bits per heavy atom. The first-order chi connectivity index (χ1) is 11.6. The van der Waals surface area contributed by atoms with Crippen LogP contribution in [0.3, 0.4) is 0 Å². The van der Waals surface area contributed by atoms with Gasteiger partial charge in [-0.2, -0.15) is 4.31 Å². The van der Waals surface area contributed by atoms with Crippen molar-refractivity contribution >= 4 is 31.6 Å². The number of benzene rings is 2. The van der Waals surface area contributed by atoms with Gasteiger partial charge in [0.1, 0.15) is 10.8 Å². The van der Waals surface area contributed by atoms with Gasteiger partial charge in [0.25, 0.3) is 0 Å². The van der Waals surface area contributed by atoms with E-state index in [-0.39, 0.29) is 10.9 Å². The van der Waals surface area contributed by atoms with Crippen molar-refractivity contribution in [1.82, 2.24) is 9.29 Å². The summed E-state index contributed by atoms with van der Waals surface area (Å²) in [6.45, 7) is 0.430. The van der Waals surface area contributed by atoms with Crippen LogP contribution in [0.5, 0.6) is 0 Å². The zero-order valence-electron chi connectivity index (χ0n) is 12.7. The second-order valence-electron chi connectivity index (χ2n) is 5.75. The molecule has 1 aromatic heterocycles. The summed E-state index contributed by atoms with van der Waals surface area (Å²) >= 11 is 1.52. The van der Waals surface area contributed by atoms with Gasteiger partial charge in [0.2, 0.25) is 10.0 Å².